The average Bonchev–Trinajstić information content (AvgIpc) is 2.97. The molecule has 1 heterocycles. The zero-order valence-electron chi connectivity index (χ0n) is 13.9. The van der Waals surface area contributed by atoms with Crippen LogP contribution >= 0.6 is 11.6 Å². The molecular formula is C16H20ClN5O3. The summed E-state index contributed by atoms with van der Waals surface area (Å²) in [5.41, 5.74) is 1.13. The van der Waals surface area contributed by atoms with E-state index in [1.165, 1.54) is 13.3 Å². The lowest BCUT2D eigenvalue weighted by Gasteiger charge is -2.23. The van der Waals surface area contributed by atoms with Gasteiger partial charge in [0.2, 0.25) is 6.10 Å². The molecule has 1 saturated carbocycles. The number of nitrogens with zero attached hydrogens (tertiary/aromatic N) is 3. The Morgan fingerprint density at radius 1 is 1.32 bits per heavy atom. The van der Waals surface area contributed by atoms with E-state index in [1.807, 2.05) is 0 Å². The van der Waals surface area contributed by atoms with Crippen molar-refractivity contribution in [3.8, 4) is 0 Å². The maximum atomic E-state index is 12.1. The van der Waals surface area contributed by atoms with E-state index in [2.05, 4.69) is 20.9 Å². The molecule has 3 rings (SSSR count). The number of halogens is 1. The molecule has 1 aromatic heterocycles. The van der Waals surface area contributed by atoms with E-state index in [0.29, 0.717) is 16.1 Å². The molecule has 0 aliphatic heterocycles. The third kappa shape index (κ3) is 4.39. The Balaban J connectivity index is 1.56. The van der Waals surface area contributed by atoms with Crippen molar-refractivity contribution in [3.63, 3.8) is 0 Å². The van der Waals surface area contributed by atoms with Crippen LogP contribution in [0.5, 0.6) is 0 Å². The normalized spacial score (nSPS) is 16.4. The van der Waals surface area contributed by atoms with E-state index >= 15 is 0 Å². The molecule has 25 heavy (non-hydrogen) atoms. The molecule has 0 saturated heterocycles. The van der Waals surface area contributed by atoms with E-state index in [-0.39, 0.29) is 6.04 Å². The highest BCUT2D eigenvalue weighted by Crippen LogP contribution is 2.17. The second-order valence-corrected chi connectivity index (χ2v) is 6.58. The lowest BCUT2D eigenvalue weighted by molar-refractivity contribution is -0.131. The van der Waals surface area contributed by atoms with Gasteiger partial charge in [-0.25, -0.2) is 4.79 Å². The van der Waals surface area contributed by atoms with Crippen LogP contribution in [0.4, 0.5) is 4.79 Å². The summed E-state index contributed by atoms with van der Waals surface area (Å²) in [6.07, 6.45) is 4.35. The molecule has 9 heteroatoms. The van der Waals surface area contributed by atoms with Crippen molar-refractivity contribution in [2.75, 3.05) is 0 Å². The van der Waals surface area contributed by atoms with Crippen molar-refractivity contribution in [2.45, 2.75) is 51.2 Å². The fourth-order valence-corrected chi connectivity index (χ4v) is 3.00. The summed E-state index contributed by atoms with van der Waals surface area (Å²) < 4.78 is 0. The molecule has 1 aliphatic rings. The van der Waals surface area contributed by atoms with E-state index in [1.54, 1.807) is 18.2 Å². The van der Waals surface area contributed by atoms with Gasteiger partial charge in [-0.05, 0) is 43.2 Å². The number of hydrogen-bond acceptors (Lipinski definition) is 5. The van der Waals surface area contributed by atoms with Gasteiger partial charge in [-0.1, -0.05) is 35.7 Å². The van der Waals surface area contributed by atoms with Crippen LogP contribution in [-0.2, 0) is 4.79 Å². The molecule has 2 N–H and O–H groups in total. The zero-order valence-corrected chi connectivity index (χ0v) is 14.6. The summed E-state index contributed by atoms with van der Waals surface area (Å²) in [6.45, 7) is 1.53. The first-order valence-corrected chi connectivity index (χ1v) is 8.70. The van der Waals surface area contributed by atoms with Crippen molar-refractivity contribution < 1.29 is 14.4 Å². The third-order valence-electron chi connectivity index (χ3n) is 4.18. The van der Waals surface area contributed by atoms with Crippen LogP contribution in [0.2, 0.25) is 5.02 Å². The minimum Gasteiger partial charge on any atom is -0.382 e. The molecule has 1 fully saturated rings. The molecule has 1 atom stereocenters. The maximum absolute atomic E-state index is 12.1. The number of carbonyl (C=O) groups is 2. The van der Waals surface area contributed by atoms with Gasteiger partial charge in [-0.2, -0.15) is 0 Å². The molecule has 0 spiro atoms. The molecular weight excluding hydrogens is 346 g/mol. The van der Waals surface area contributed by atoms with Crippen LogP contribution in [0.15, 0.2) is 18.2 Å². The number of benzene rings is 1. The van der Waals surface area contributed by atoms with Gasteiger partial charge in [0.25, 0.3) is 5.91 Å². The molecule has 134 valence electrons. The molecule has 3 amide bonds. The summed E-state index contributed by atoms with van der Waals surface area (Å²) in [5, 5.41) is 13.4. The Bertz CT molecular complexity index is 772. The second kappa shape index (κ2) is 7.69. The summed E-state index contributed by atoms with van der Waals surface area (Å²) in [4.78, 5) is 30.7. The smallest absolute Gasteiger partial charge is 0.321 e. The SMILES string of the molecule is CC(On1nnc2ccc(Cl)cc21)C(=O)NC(=O)NC1CCCCC1. The Hall–Kier alpha value is -2.35. The van der Waals surface area contributed by atoms with Crippen molar-refractivity contribution >= 4 is 34.6 Å². The first-order valence-electron chi connectivity index (χ1n) is 8.32. The van der Waals surface area contributed by atoms with Crippen LogP contribution in [0, 0.1) is 0 Å². The Kier molecular flexibility index (Phi) is 5.37. The molecule has 0 bridgehead atoms. The number of aromatic nitrogens is 3. The number of imide groups is 1. The molecule has 0 radical (unpaired) electrons. The fourth-order valence-electron chi connectivity index (χ4n) is 2.83. The summed E-state index contributed by atoms with van der Waals surface area (Å²) in [7, 11) is 0. The predicted molar refractivity (Wildman–Crippen MR) is 92.1 cm³/mol. The van der Waals surface area contributed by atoms with E-state index in [9.17, 15) is 9.59 Å². The zero-order chi connectivity index (χ0) is 17.8. The van der Waals surface area contributed by atoms with Crippen LogP contribution in [0.1, 0.15) is 39.0 Å². The fraction of sp³-hybridized carbons (Fsp3) is 0.500. The highest BCUT2D eigenvalue weighted by molar-refractivity contribution is 6.31. The highest BCUT2D eigenvalue weighted by Gasteiger charge is 2.22. The van der Waals surface area contributed by atoms with Gasteiger partial charge in [0.15, 0.2) is 0 Å². The van der Waals surface area contributed by atoms with Crippen LogP contribution in [0.25, 0.3) is 11.0 Å². The minimum atomic E-state index is -0.930. The highest BCUT2D eigenvalue weighted by atomic mass is 35.5. The van der Waals surface area contributed by atoms with Crippen LogP contribution in [-0.4, -0.2) is 39.2 Å². The van der Waals surface area contributed by atoms with Crippen molar-refractivity contribution in [1.82, 2.24) is 25.8 Å². The first-order chi connectivity index (χ1) is 12.0. The van der Waals surface area contributed by atoms with Gasteiger partial charge >= 0.3 is 6.03 Å². The second-order valence-electron chi connectivity index (χ2n) is 6.14. The minimum absolute atomic E-state index is 0.124. The average molecular weight is 366 g/mol. The Labute approximate surface area is 149 Å². The number of amides is 3. The maximum Gasteiger partial charge on any atom is 0.321 e. The third-order valence-corrected chi connectivity index (χ3v) is 4.42. The topological polar surface area (TPSA) is 98.1 Å². The molecule has 1 aliphatic carbocycles. The number of fused-ring (bicyclic) bond motifs is 1. The van der Waals surface area contributed by atoms with Gasteiger partial charge in [-0.3, -0.25) is 10.1 Å². The molecule has 8 nitrogen and oxygen atoms in total. The van der Waals surface area contributed by atoms with Gasteiger partial charge in [0.05, 0.1) is 0 Å². The lowest BCUT2D eigenvalue weighted by Crippen LogP contribution is -2.49. The van der Waals surface area contributed by atoms with E-state index in [4.69, 9.17) is 16.4 Å². The Morgan fingerprint density at radius 2 is 2.08 bits per heavy atom. The molecule has 1 aromatic carbocycles. The van der Waals surface area contributed by atoms with E-state index in [0.717, 1.165) is 30.5 Å². The van der Waals surface area contributed by atoms with Crippen molar-refractivity contribution in [3.05, 3.63) is 23.2 Å². The van der Waals surface area contributed by atoms with E-state index < -0.39 is 18.0 Å². The number of rotatable bonds is 4. The molecule has 2 aromatic rings. The van der Waals surface area contributed by atoms with Gasteiger partial charge in [0, 0.05) is 11.1 Å². The standard InChI is InChI=1S/C16H20ClN5O3/c1-10(15(23)19-16(24)18-12-5-3-2-4-6-12)25-22-14-9-11(17)7-8-13(14)20-21-22/h7-10,12H,2-6H2,1H3,(H2,18,19,23,24). The predicted octanol–water partition coefficient (Wildman–Crippen LogP) is 2.06. The molecule has 1 unspecified atom stereocenters. The van der Waals surface area contributed by atoms with Crippen LogP contribution < -0.4 is 15.5 Å². The summed E-state index contributed by atoms with van der Waals surface area (Å²) >= 11 is 5.95. The summed E-state index contributed by atoms with van der Waals surface area (Å²) in [6, 6.07) is 4.65. The van der Waals surface area contributed by atoms with Gasteiger partial charge in [0.1, 0.15) is 11.0 Å². The van der Waals surface area contributed by atoms with Crippen molar-refractivity contribution in [1.29, 1.82) is 0 Å². The van der Waals surface area contributed by atoms with Crippen molar-refractivity contribution in [2.24, 2.45) is 0 Å². The monoisotopic (exact) mass is 365 g/mol. The first kappa shape index (κ1) is 17.5. The quantitative estimate of drug-likeness (QED) is 0.864. The van der Waals surface area contributed by atoms with Gasteiger partial charge < -0.3 is 10.2 Å². The number of nitrogens with one attached hydrogen (secondary N) is 2. The number of hydrogen-bond donors (Lipinski definition) is 2. The lowest BCUT2D eigenvalue weighted by atomic mass is 9.96. The largest absolute Gasteiger partial charge is 0.382 e. The summed E-state index contributed by atoms with van der Waals surface area (Å²) in [5.74, 6) is -0.556. The van der Waals surface area contributed by atoms with Crippen LogP contribution in [0.3, 0.4) is 0 Å². The Morgan fingerprint density at radius 3 is 2.84 bits per heavy atom. The van der Waals surface area contributed by atoms with Gasteiger partial charge in [-0.15, -0.1) is 5.10 Å². The number of urea groups is 1. The number of carbonyl (C=O) groups excluding carboxylic acids is 2.